The van der Waals surface area contributed by atoms with Gasteiger partial charge < -0.3 is 14.7 Å². The van der Waals surface area contributed by atoms with Gasteiger partial charge in [0.15, 0.2) is 23.1 Å². The number of hydrogen-bond acceptors (Lipinski definition) is 4. The van der Waals surface area contributed by atoms with Crippen molar-refractivity contribution in [2.45, 2.75) is 12.5 Å². The van der Waals surface area contributed by atoms with Gasteiger partial charge in [-0.25, -0.2) is 13.2 Å². The number of carbonyl (C=O) groups excluding carboxylic acids is 1. The summed E-state index contributed by atoms with van der Waals surface area (Å²) in [6.45, 7) is 0.696. The molecular weight excluding hydrogens is 383 g/mol. The molecule has 1 aromatic heterocycles. The quantitative estimate of drug-likeness (QED) is 0.643. The molecule has 0 aliphatic rings. The van der Waals surface area contributed by atoms with E-state index >= 15 is 0 Å². The van der Waals surface area contributed by atoms with Crippen LogP contribution in [0.3, 0.4) is 0 Å². The molecule has 0 aliphatic carbocycles. The molecule has 1 N–H and O–H groups in total. The second kappa shape index (κ2) is 8.91. The maximum atomic E-state index is 13.4. The number of hydrogen-bond donors (Lipinski definition) is 1. The van der Waals surface area contributed by atoms with Gasteiger partial charge in [-0.2, -0.15) is 0 Å². The van der Waals surface area contributed by atoms with Crippen molar-refractivity contribution >= 4 is 5.91 Å². The van der Waals surface area contributed by atoms with Crippen molar-refractivity contribution < 1.29 is 22.5 Å². The average molecular weight is 403 g/mol. The minimum absolute atomic E-state index is 0.00157. The molecule has 1 heterocycles. The van der Waals surface area contributed by atoms with Gasteiger partial charge in [0.2, 0.25) is 0 Å². The molecule has 1 atom stereocenters. The van der Waals surface area contributed by atoms with Crippen molar-refractivity contribution in [2.24, 2.45) is 0 Å². The molecule has 0 saturated heterocycles. The van der Waals surface area contributed by atoms with Crippen molar-refractivity contribution in [2.75, 3.05) is 20.6 Å². The van der Waals surface area contributed by atoms with E-state index in [2.05, 4.69) is 10.5 Å². The molecule has 0 spiro atoms. The largest absolute Gasteiger partial charge is 0.355 e. The highest BCUT2D eigenvalue weighted by molar-refractivity contribution is 5.93. The molecule has 5 nitrogen and oxygen atoms in total. The predicted molar refractivity (Wildman–Crippen MR) is 102 cm³/mol. The molecule has 3 rings (SSSR count). The van der Waals surface area contributed by atoms with Crippen LogP contribution in [0.2, 0.25) is 0 Å². The smallest absolute Gasteiger partial charge is 0.273 e. The molecule has 3 aromatic rings. The molecule has 0 saturated carbocycles. The van der Waals surface area contributed by atoms with Crippen LogP contribution in [0.4, 0.5) is 13.2 Å². The van der Waals surface area contributed by atoms with E-state index in [1.54, 1.807) is 12.1 Å². The van der Waals surface area contributed by atoms with Crippen molar-refractivity contribution in [3.05, 3.63) is 77.2 Å². The Morgan fingerprint density at radius 1 is 1.07 bits per heavy atom. The van der Waals surface area contributed by atoms with E-state index in [0.717, 1.165) is 17.7 Å². The van der Waals surface area contributed by atoms with Crippen LogP contribution in [0.15, 0.2) is 53.1 Å². The maximum Gasteiger partial charge on any atom is 0.273 e. The first-order chi connectivity index (χ1) is 13.8. The number of rotatable bonds is 7. The zero-order valence-electron chi connectivity index (χ0n) is 16.0. The fourth-order valence-corrected chi connectivity index (χ4v) is 2.80. The van der Waals surface area contributed by atoms with Gasteiger partial charge in [0.25, 0.3) is 5.91 Å². The van der Waals surface area contributed by atoms with Crippen molar-refractivity contribution in [3.8, 4) is 11.3 Å². The lowest BCUT2D eigenvalue weighted by Gasteiger charge is -2.20. The van der Waals surface area contributed by atoms with Crippen LogP contribution in [-0.2, 0) is 0 Å². The summed E-state index contributed by atoms with van der Waals surface area (Å²) < 4.78 is 44.9. The minimum Gasteiger partial charge on any atom is -0.355 e. The highest BCUT2D eigenvalue weighted by Crippen LogP contribution is 2.23. The highest BCUT2D eigenvalue weighted by atomic mass is 19.2. The summed E-state index contributed by atoms with van der Waals surface area (Å²) in [5, 5.41) is 6.59. The number of nitrogens with one attached hydrogen (secondary N) is 1. The third-order valence-corrected chi connectivity index (χ3v) is 4.39. The van der Waals surface area contributed by atoms with E-state index in [0.29, 0.717) is 13.0 Å². The van der Waals surface area contributed by atoms with E-state index in [9.17, 15) is 18.0 Å². The third-order valence-electron chi connectivity index (χ3n) is 4.39. The first-order valence-electron chi connectivity index (χ1n) is 8.96. The fourth-order valence-electron chi connectivity index (χ4n) is 2.80. The molecular formula is C21H20F3N3O2. The van der Waals surface area contributed by atoms with Gasteiger partial charge in [-0.05, 0) is 63.0 Å². The Hall–Kier alpha value is -3.13. The van der Waals surface area contributed by atoms with Gasteiger partial charge in [-0.15, -0.1) is 0 Å². The maximum absolute atomic E-state index is 13.4. The number of aromatic nitrogens is 1. The molecule has 2 aromatic carbocycles. The Bertz CT molecular complexity index is 987. The van der Waals surface area contributed by atoms with Crippen LogP contribution in [-0.4, -0.2) is 36.6 Å². The van der Waals surface area contributed by atoms with Gasteiger partial charge in [0, 0.05) is 11.6 Å². The Kier molecular flexibility index (Phi) is 6.33. The molecule has 1 unspecified atom stereocenters. The summed E-state index contributed by atoms with van der Waals surface area (Å²) in [6, 6.07) is 10.2. The van der Waals surface area contributed by atoms with E-state index < -0.39 is 17.5 Å². The lowest BCUT2D eigenvalue weighted by atomic mass is 10.0. The molecule has 1 amide bonds. The number of benzene rings is 2. The summed E-state index contributed by atoms with van der Waals surface area (Å²) in [4.78, 5) is 14.6. The van der Waals surface area contributed by atoms with Crippen LogP contribution < -0.4 is 5.32 Å². The molecule has 0 aliphatic heterocycles. The molecule has 0 bridgehead atoms. The van der Waals surface area contributed by atoms with Gasteiger partial charge in [0.05, 0.1) is 6.04 Å². The van der Waals surface area contributed by atoms with Crippen LogP contribution in [0, 0.1) is 17.5 Å². The standard InChI is InChI=1S/C21H20F3N3O2/c1-27(2)10-9-18(13-3-6-15(22)7-4-13)25-21(28)19-12-20(29-26-19)14-5-8-16(23)17(24)11-14/h3-8,11-12,18H,9-10H2,1-2H3,(H,25,28). The molecule has 152 valence electrons. The third kappa shape index (κ3) is 5.23. The van der Waals surface area contributed by atoms with Crippen molar-refractivity contribution in [1.29, 1.82) is 0 Å². The summed E-state index contributed by atoms with van der Waals surface area (Å²) in [6.07, 6.45) is 0.595. The van der Waals surface area contributed by atoms with Gasteiger partial charge >= 0.3 is 0 Å². The molecule has 0 radical (unpaired) electrons. The van der Waals surface area contributed by atoms with Crippen LogP contribution in [0.25, 0.3) is 11.3 Å². The summed E-state index contributed by atoms with van der Waals surface area (Å²) in [7, 11) is 3.82. The Labute approximate surface area is 166 Å². The fraction of sp³-hybridized carbons (Fsp3) is 0.238. The predicted octanol–water partition coefficient (Wildman–Crippen LogP) is 4.18. The number of halogens is 3. The van der Waals surface area contributed by atoms with Gasteiger partial charge in [-0.3, -0.25) is 4.79 Å². The lowest BCUT2D eigenvalue weighted by Crippen LogP contribution is -2.31. The summed E-state index contributed by atoms with van der Waals surface area (Å²) in [5.41, 5.74) is 1.02. The number of amides is 1. The highest BCUT2D eigenvalue weighted by Gasteiger charge is 2.20. The lowest BCUT2D eigenvalue weighted by molar-refractivity contribution is 0.0923. The van der Waals surface area contributed by atoms with Crippen molar-refractivity contribution in [3.63, 3.8) is 0 Å². The van der Waals surface area contributed by atoms with Crippen LogP contribution >= 0.6 is 0 Å². The summed E-state index contributed by atoms with van der Waals surface area (Å²) >= 11 is 0. The second-order valence-electron chi connectivity index (χ2n) is 6.87. The van der Waals surface area contributed by atoms with E-state index in [1.165, 1.54) is 24.3 Å². The topological polar surface area (TPSA) is 58.4 Å². The van der Waals surface area contributed by atoms with E-state index in [4.69, 9.17) is 4.52 Å². The van der Waals surface area contributed by atoms with Gasteiger partial charge in [0.1, 0.15) is 5.82 Å². The molecule has 29 heavy (non-hydrogen) atoms. The first-order valence-corrected chi connectivity index (χ1v) is 8.96. The van der Waals surface area contributed by atoms with Crippen LogP contribution in [0.5, 0.6) is 0 Å². The average Bonchev–Trinajstić information content (AvgIpc) is 3.18. The number of carbonyl (C=O) groups is 1. The van der Waals surface area contributed by atoms with Crippen molar-refractivity contribution in [1.82, 2.24) is 15.4 Å². The zero-order valence-corrected chi connectivity index (χ0v) is 16.0. The minimum atomic E-state index is -1.02. The second-order valence-corrected chi connectivity index (χ2v) is 6.87. The zero-order chi connectivity index (χ0) is 21.0. The monoisotopic (exact) mass is 403 g/mol. The normalized spacial score (nSPS) is 12.2. The Morgan fingerprint density at radius 3 is 2.45 bits per heavy atom. The Morgan fingerprint density at radius 2 is 1.79 bits per heavy atom. The van der Waals surface area contributed by atoms with Gasteiger partial charge in [-0.1, -0.05) is 17.3 Å². The van der Waals surface area contributed by atoms with E-state index in [1.807, 2.05) is 19.0 Å². The van der Waals surface area contributed by atoms with E-state index in [-0.39, 0.29) is 28.9 Å². The Balaban J connectivity index is 1.77. The molecule has 8 heteroatoms. The van der Waals surface area contributed by atoms with Crippen LogP contribution in [0.1, 0.15) is 28.5 Å². The molecule has 0 fully saturated rings. The SMILES string of the molecule is CN(C)CCC(NC(=O)c1cc(-c2ccc(F)c(F)c2)on1)c1ccc(F)cc1. The number of nitrogens with zero attached hydrogens (tertiary/aromatic N) is 2. The first kappa shape index (κ1) is 20.6. The summed E-state index contributed by atoms with van der Waals surface area (Å²) in [5.74, 6) is -2.71.